The number of thioether (sulfide) groups is 1. The first-order valence-corrected chi connectivity index (χ1v) is 8.82. The van der Waals surface area contributed by atoms with E-state index in [1.165, 1.54) is 24.2 Å². The SMILES string of the molecule is O=C(NC(CSCc1cnc(Cl)cn1)C(=O)O)OCc1ccccc1. The minimum Gasteiger partial charge on any atom is -0.480 e. The number of aliphatic carboxylic acids is 1. The van der Waals surface area contributed by atoms with Gasteiger partial charge in [0.05, 0.1) is 18.1 Å². The minimum atomic E-state index is -1.13. The maximum atomic E-state index is 11.8. The Labute approximate surface area is 153 Å². The lowest BCUT2D eigenvalue weighted by atomic mass is 10.2. The number of rotatable bonds is 8. The normalized spacial score (nSPS) is 11.6. The summed E-state index contributed by atoms with van der Waals surface area (Å²) in [5.41, 5.74) is 1.49. The van der Waals surface area contributed by atoms with Crippen LogP contribution in [0.3, 0.4) is 0 Å². The van der Waals surface area contributed by atoms with E-state index < -0.39 is 18.1 Å². The molecule has 7 nitrogen and oxygen atoms in total. The Morgan fingerprint density at radius 2 is 2.00 bits per heavy atom. The predicted molar refractivity (Wildman–Crippen MR) is 94.4 cm³/mol. The van der Waals surface area contributed by atoms with Gasteiger partial charge in [0, 0.05) is 11.5 Å². The van der Waals surface area contributed by atoms with Gasteiger partial charge in [-0.2, -0.15) is 11.8 Å². The van der Waals surface area contributed by atoms with Gasteiger partial charge in [0.25, 0.3) is 0 Å². The van der Waals surface area contributed by atoms with Gasteiger partial charge >= 0.3 is 12.1 Å². The zero-order valence-corrected chi connectivity index (χ0v) is 14.7. The van der Waals surface area contributed by atoms with E-state index in [-0.39, 0.29) is 12.4 Å². The molecule has 2 aromatic rings. The number of hydrogen-bond donors (Lipinski definition) is 2. The van der Waals surface area contributed by atoms with E-state index >= 15 is 0 Å². The van der Waals surface area contributed by atoms with Gasteiger partial charge in [-0.3, -0.25) is 4.98 Å². The van der Waals surface area contributed by atoms with Crippen LogP contribution < -0.4 is 5.32 Å². The van der Waals surface area contributed by atoms with Crippen LogP contribution in [0.4, 0.5) is 4.79 Å². The third-order valence-electron chi connectivity index (χ3n) is 3.01. The van der Waals surface area contributed by atoms with Crippen LogP contribution in [-0.4, -0.2) is 38.9 Å². The van der Waals surface area contributed by atoms with Gasteiger partial charge in [0.15, 0.2) is 0 Å². The Morgan fingerprint density at radius 1 is 1.24 bits per heavy atom. The zero-order valence-electron chi connectivity index (χ0n) is 13.1. The number of aromatic nitrogens is 2. The number of benzene rings is 1. The highest BCUT2D eigenvalue weighted by molar-refractivity contribution is 7.98. The summed E-state index contributed by atoms with van der Waals surface area (Å²) < 4.78 is 5.03. The quantitative estimate of drug-likeness (QED) is 0.724. The maximum Gasteiger partial charge on any atom is 0.408 e. The molecule has 2 N–H and O–H groups in total. The first-order valence-electron chi connectivity index (χ1n) is 7.29. The molecule has 0 saturated carbocycles. The van der Waals surface area contributed by atoms with Crippen molar-refractivity contribution in [1.82, 2.24) is 15.3 Å². The van der Waals surface area contributed by atoms with E-state index in [4.69, 9.17) is 16.3 Å². The van der Waals surface area contributed by atoms with Crippen molar-refractivity contribution in [3.8, 4) is 0 Å². The van der Waals surface area contributed by atoms with Crippen LogP contribution in [0.15, 0.2) is 42.7 Å². The van der Waals surface area contributed by atoms with E-state index in [1.54, 1.807) is 0 Å². The molecular weight excluding hydrogens is 366 g/mol. The first kappa shape index (κ1) is 19.0. The molecule has 2 rings (SSSR count). The van der Waals surface area contributed by atoms with E-state index in [2.05, 4.69) is 15.3 Å². The summed E-state index contributed by atoms with van der Waals surface area (Å²) in [6.07, 6.45) is 2.17. The Balaban J connectivity index is 1.76. The molecule has 0 fully saturated rings. The maximum absolute atomic E-state index is 11.8. The number of ether oxygens (including phenoxy) is 1. The second-order valence-corrected chi connectivity index (χ2v) is 6.36. The summed E-state index contributed by atoms with van der Waals surface area (Å²) in [5, 5.41) is 11.8. The van der Waals surface area contributed by atoms with Crippen molar-refractivity contribution >= 4 is 35.4 Å². The van der Waals surface area contributed by atoms with Gasteiger partial charge in [0.1, 0.15) is 17.8 Å². The topological polar surface area (TPSA) is 101 Å². The summed E-state index contributed by atoms with van der Waals surface area (Å²) in [6.45, 7) is 0.0759. The highest BCUT2D eigenvalue weighted by atomic mass is 35.5. The van der Waals surface area contributed by atoms with Crippen LogP contribution in [0, 0.1) is 0 Å². The summed E-state index contributed by atoms with van der Waals surface area (Å²) in [5.74, 6) is -0.513. The van der Waals surface area contributed by atoms with Crippen molar-refractivity contribution < 1.29 is 19.4 Å². The predicted octanol–water partition coefficient (Wildman–Crippen LogP) is 2.74. The number of carbonyl (C=O) groups excluding carboxylic acids is 1. The number of nitrogens with zero attached hydrogens (tertiary/aromatic N) is 2. The lowest BCUT2D eigenvalue weighted by Crippen LogP contribution is -2.42. The van der Waals surface area contributed by atoms with Gasteiger partial charge in [-0.15, -0.1) is 0 Å². The van der Waals surface area contributed by atoms with Crippen LogP contribution >= 0.6 is 23.4 Å². The molecule has 1 aromatic heterocycles. The number of halogens is 1. The average molecular weight is 382 g/mol. The average Bonchev–Trinajstić information content (AvgIpc) is 2.61. The van der Waals surface area contributed by atoms with Gasteiger partial charge in [-0.05, 0) is 5.56 Å². The third-order valence-corrected chi connectivity index (χ3v) is 4.28. The molecule has 0 aliphatic carbocycles. The van der Waals surface area contributed by atoms with Crippen molar-refractivity contribution in [3.63, 3.8) is 0 Å². The molecule has 1 atom stereocenters. The second kappa shape index (κ2) is 9.85. The number of alkyl carbamates (subject to hydrolysis) is 1. The Hall–Kier alpha value is -2.32. The van der Waals surface area contributed by atoms with Crippen LogP contribution in [0.5, 0.6) is 0 Å². The molecular formula is C16H16ClN3O4S. The van der Waals surface area contributed by atoms with Crippen molar-refractivity contribution in [3.05, 3.63) is 59.1 Å². The second-order valence-electron chi connectivity index (χ2n) is 4.94. The van der Waals surface area contributed by atoms with Crippen LogP contribution in [-0.2, 0) is 21.9 Å². The van der Waals surface area contributed by atoms with Crippen LogP contribution in [0.1, 0.15) is 11.3 Å². The highest BCUT2D eigenvalue weighted by Gasteiger charge is 2.20. The Bertz CT molecular complexity index is 700. The van der Waals surface area contributed by atoms with E-state index in [1.807, 2.05) is 30.3 Å². The van der Waals surface area contributed by atoms with E-state index in [0.717, 1.165) is 5.56 Å². The smallest absolute Gasteiger partial charge is 0.408 e. The molecule has 0 radical (unpaired) electrons. The van der Waals surface area contributed by atoms with Crippen molar-refractivity contribution in [2.75, 3.05) is 5.75 Å². The fraction of sp³-hybridized carbons (Fsp3) is 0.250. The molecule has 1 amide bonds. The number of carboxylic acids is 1. The molecule has 0 aliphatic rings. The molecule has 0 spiro atoms. The van der Waals surface area contributed by atoms with Crippen molar-refractivity contribution in [1.29, 1.82) is 0 Å². The molecule has 0 bridgehead atoms. The minimum absolute atomic E-state index is 0.0759. The number of carboxylic acid groups (broad SMARTS) is 1. The highest BCUT2D eigenvalue weighted by Crippen LogP contribution is 2.12. The standard InChI is InChI=1S/C16H16ClN3O4S/c17-14-7-18-12(6-19-14)9-25-10-13(15(21)22)20-16(23)24-8-11-4-2-1-3-5-11/h1-7,13H,8-10H2,(H,20,23)(H,21,22). The lowest BCUT2D eigenvalue weighted by Gasteiger charge is -2.14. The molecule has 0 saturated heterocycles. The van der Waals surface area contributed by atoms with Crippen molar-refractivity contribution in [2.24, 2.45) is 0 Å². The summed E-state index contributed by atoms with van der Waals surface area (Å²) in [4.78, 5) is 31.0. The van der Waals surface area contributed by atoms with Crippen molar-refractivity contribution in [2.45, 2.75) is 18.4 Å². The van der Waals surface area contributed by atoms with Gasteiger partial charge < -0.3 is 15.2 Å². The summed E-state index contributed by atoms with van der Waals surface area (Å²) >= 11 is 6.96. The third kappa shape index (κ3) is 6.98. The van der Waals surface area contributed by atoms with Crippen LogP contribution in [0.2, 0.25) is 5.15 Å². The Kier molecular flexibility index (Phi) is 7.49. The van der Waals surface area contributed by atoms with Gasteiger partial charge in [-0.1, -0.05) is 41.9 Å². The van der Waals surface area contributed by atoms with Crippen LogP contribution in [0.25, 0.3) is 0 Å². The van der Waals surface area contributed by atoms with Gasteiger partial charge in [0.2, 0.25) is 0 Å². The molecule has 1 unspecified atom stereocenters. The lowest BCUT2D eigenvalue weighted by molar-refractivity contribution is -0.138. The van der Waals surface area contributed by atoms with E-state index in [0.29, 0.717) is 16.6 Å². The first-order chi connectivity index (χ1) is 12.0. The molecule has 0 aliphatic heterocycles. The fourth-order valence-corrected chi connectivity index (χ4v) is 2.81. The number of carbonyl (C=O) groups is 2. The number of hydrogen-bond acceptors (Lipinski definition) is 6. The molecule has 9 heteroatoms. The molecule has 1 heterocycles. The summed E-state index contributed by atoms with van der Waals surface area (Å²) in [7, 11) is 0. The molecule has 25 heavy (non-hydrogen) atoms. The molecule has 1 aromatic carbocycles. The largest absolute Gasteiger partial charge is 0.480 e. The number of amides is 1. The Morgan fingerprint density at radius 3 is 2.64 bits per heavy atom. The van der Waals surface area contributed by atoms with Gasteiger partial charge in [-0.25, -0.2) is 14.6 Å². The van der Waals surface area contributed by atoms with E-state index in [9.17, 15) is 14.7 Å². The fourth-order valence-electron chi connectivity index (χ4n) is 1.78. The summed E-state index contributed by atoms with van der Waals surface area (Å²) in [6, 6.07) is 8.07. The molecule has 132 valence electrons. The monoisotopic (exact) mass is 381 g/mol. The number of nitrogens with one attached hydrogen (secondary N) is 1. The zero-order chi connectivity index (χ0) is 18.1.